The molecule has 0 unspecified atom stereocenters. The van der Waals surface area contributed by atoms with Crippen LogP contribution in [0.5, 0.6) is 0 Å². The van der Waals surface area contributed by atoms with Gasteiger partial charge in [-0.1, -0.05) is 18.2 Å². The van der Waals surface area contributed by atoms with Crippen LogP contribution in [0.4, 0.5) is 17.1 Å². The first-order chi connectivity index (χ1) is 8.63. The second-order valence-corrected chi connectivity index (χ2v) is 4.25. The molecule has 0 aliphatic rings. The SMILES string of the molecule is Cc1cccc(N(C)c2cccc(C#N)c2N)c1. The lowest BCUT2D eigenvalue weighted by molar-refractivity contribution is 1.20. The van der Waals surface area contributed by atoms with Gasteiger partial charge in [-0.3, -0.25) is 0 Å². The van der Waals surface area contributed by atoms with Gasteiger partial charge in [0.25, 0.3) is 0 Å². The van der Waals surface area contributed by atoms with E-state index >= 15 is 0 Å². The first-order valence-corrected chi connectivity index (χ1v) is 5.72. The van der Waals surface area contributed by atoms with E-state index in [0.717, 1.165) is 11.4 Å². The lowest BCUT2D eigenvalue weighted by Gasteiger charge is -2.22. The second kappa shape index (κ2) is 4.80. The van der Waals surface area contributed by atoms with Gasteiger partial charge in [0.05, 0.1) is 16.9 Å². The predicted molar refractivity (Wildman–Crippen MR) is 74.8 cm³/mol. The summed E-state index contributed by atoms with van der Waals surface area (Å²) in [6.45, 7) is 2.05. The number of hydrogen-bond acceptors (Lipinski definition) is 3. The molecule has 0 radical (unpaired) electrons. The highest BCUT2D eigenvalue weighted by molar-refractivity contribution is 5.78. The molecule has 2 N–H and O–H groups in total. The average Bonchev–Trinajstić information content (AvgIpc) is 2.38. The van der Waals surface area contributed by atoms with Crippen LogP contribution < -0.4 is 10.6 Å². The van der Waals surface area contributed by atoms with Gasteiger partial charge in [-0.15, -0.1) is 0 Å². The van der Waals surface area contributed by atoms with E-state index in [1.165, 1.54) is 5.56 Å². The number of nitriles is 1. The molecular weight excluding hydrogens is 222 g/mol. The molecule has 0 saturated carbocycles. The summed E-state index contributed by atoms with van der Waals surface area (Å²) in [5.41, 5.74) is 10.1. The number of benzene rings is 2. The normalized spacial score (nSPS) is 9.83. The number of anilines is 3. The predicted octanol–water partition coefficient (Wildman–Crippen LogP) is 3.22. The third-order valence-electron chi connectivity index (χ3n) is 2.95. The topological polar surface area (TPSA) is 53.0 Å². The Morgan fingerprint density at radius 1 is 1.17 bits per heavy atom. The molecule has 2 rings (SSSR count). The van der Waals surface area contributed by atoms with Crippen LogP contribution in [0, 0.1) is 18.3 Å². The van der Waals surface area contributed by atoms with Crippen LogP contribution >= 0.6 is 0 Å². The fraction of sp³-hybridized carbons (Fsp3) is 0.133. The summed E-state index contributed by atoms with van der Waals surface area (Å²) in [4.78, 5) is 1.99. The molecule has 2 aromatic carbocycles. The summed E-state index contributed by atoms with van der Waals surface area (Å²) in [6, 6.07) is 15.7. The van der Waals surface area contributed by atoms with E-state index in [4.69, 9.17) is 11.0 Å². The summed E-state index contributed by atoms with van der Waals surface area (Å²) >= 11 is 0. The maximum Gasteiger partial charge on any atom is 0.101 e. The largest absolute Gasteiger partial charge is 0.396 e. The number of nitrogens with two attached hydrogens (primary N) is 1. The van der Waals surface area contributed by atoms with Crippen LogP contribution in [0.15, 0.2) is 42.5 Å². The molecule has 0 aliphatic heterocycles. The minimum Gasteiger partial charge on any atom is -0.396 e. The molecule has 0 spiro atoms. The highest BCUT2D eigenvalue weighted by Gasteiger charge is 2.10. The monoisotopic (exact) mass is 237 g/mol. The van der Waals surface area contributed by atoms with Crippen molar-refractivity contribution in [1.82, 2.24) is 0 Å². The smallest absolute Gasteiger partial charge is 0.101 e. The summed E-state index contributed by atoms with van der Waals surface area (Å²) in [7, 11) is 1.95. The molecule has 90 valence electrons. The second-order valence-electron chi connectivity index (χ2n) is 4.25. The number of aryl methyl sites for hydroxylation is 1. The van der Waals surface area contributed by atoms with E-state index in [-0.39, 0.29) is 0 Å². The zero-order valence-electron chi connectivity index (χ0n) is 10.5. The van der Waals surface area contributed by atoms with Crippen molar-refractivity contribution in [2.75, 3.05) is 17.7 Å². The molecule has 0 fully saturated rings. The Kier molecular flexibility index (Phi) is 3.20. The van der Waals surface area contributed by atoms with Crippen molar-refractivity contribution in [3.05, 3.63) is 53.6 Å². The first-order valence-electron chi connectivity index (χ1n) is 5.72. The van der Waals surface area contributed by atoms with Crippen molar-refractivity contribution in [3.63, 3.8) is 0 Å². The van der Waals surface area contributed by atoms with Gasteiger partial charge < -0.3 is 10.6 Å². The Morgan fingerprint density at radius 3 is 2.56 bits per heavy atom. The summed E-state index contributed by atoms with van der Waals surface area (Å²) in [5, 5.41) is 8.99. The van der Waals surface area contributed by atoms with E-state index in [0.29, 0.717) is 11.3 Å². The van der Waals surface area contributed by atoms with Gasteiger partial charge in [0, 0.05) is 12.7 Å². The molecule has 0 aromatic heterocycles. The Morgan fingerprint density at radius 2 is 1.89 bits per heavy atom. The molecule has 0 atom stereocenters. The summed E-state index contributed by atoms with van der Waals surface area (Å²) < 4.78 is 0. The number of rotatable bonds is 2. The van der Waals surface area contributed by atoms with Crippen LogP contribution in [0.1, 0.15) is 11.1 Å². The lowest BCUT2D eigenvalue weighted by Crippen LogP contribution is -2.12. The molecule has 0 heterocycles. The standard InChI is InChI=1S/C15H15N3/c1-11-5-3-7-13(9-11)18(2)14-8-4-6-12(10-16)15(14)17/h3-9H,17H2,1-2H3. The van der Waals surface area contributed by atoms with Crippen LogP contribution in [-0.4, -0.2) is 7.05 Å². The maximum absolute atomic E-state index is 8.99. The zero-order valence-corrected chi connectivity index (χ0v) is 10.5. The number of nitrogen functional groups attached to an aromatic ring is 1. The fourth-order valence-corrected chi connectivity index (χ4v) is 1.92. The van der Waals surface area contributed by atoms with Crippen LogP contribution in [0.3, 0.4) is 0 Å². The molecule has 0 amide bonds. The van der Waals surface area contributed by atoms with Gasteiger partial charge in [0.15, 0.2) is 0 Å². The van der Waals surface area contributed by atoms with Crippen molar-refractivity contribution in [2.45, 2.75) is 6.92 Å². The highest BCUT2D eigenvalue weighted by Crippen LogP contribution is 2.31. The van der Waals surface area contributed by atoms with E-state index in [1.54, 1.807) is 6.07 Å². The van der Waals surface area contributed by atoms with Gasteiger partial charge in [0.2, 0.25) is 0 Å². The van der Waals surface area contributed by atoms with Crippen molar-refractivity contribution in [2.24, 2.45) is 0 Å². The van der Waals surface area contributed by atoms with Crippen LogP contribution in [0.25, 0.3) is 0 Å². The van der Waals surface area contributed by atoms with Crippen molar-refractivity contribution < 1.29 is 0 Å². The number of para-hydroxylation sites is 1. The Hall–Kier alpha value is -2.47. The van der Waals surface area contributed by atoms with Gasteiger partial charge in [-0.25, -0.2) is 0 Å². The third kappa shape index (κ3) is 2.14. The molecule has 3 nitrogen and oxygen atoms in total. The van der Waals surface area contributed by atoms with E-state index < -0.39 is 0 Å². The minimum absolute atomic E-state index is 0.506. The summed E-state index contributed by atoms with van der Waals surface area (Å²) in [5.74, 6) is 0. The average molecular weight is 237 g/mol. The van der Waals surface area contributed by atoms with Gasteiger partial charge >= 0.3 is 0 Å². The van der Waals surface area contributed by atoms with E-state index in [1.807, 2.05) is 49.2 Å². The molecule has 0 aliphatic carbocycles. The van der Waals surface area contributed by atoms with Crippen molar-refractivity contribution in [1.29, 1.82) is 5.26 Å². The first kappa shape index (κ1) is 12.0. The van der Waals surface area contributed by atoms with E-state index in [2.05, 4.69) is 12.1 Å². The van der Waals surface area contributed by atoms with Crippen molar-refractivity contribution >= 4 is 17.1 Å². The third-order valence-corrected chi connectivity index (χ3v) is 2.95. The number of nitrogens with zero attached hydrogens (tertiary/aromatic N) is 2. The van der Waals surface area contributed by atoms with E-state index in [9.17, 15) is 0 Å². The minimum atomic E-state index is 0.506. The summed E-state index contributed by atoms with van der Waals surface area (Å²) in [6.07, 6.45) is 0. The van der Waals surface area contributed by atoms with Crippen LogP contribution in [-0.2, 0) is 0 Å². The molecule has 0 bridgehead atoms. The maximum atomic E-state index is 8.99. The molecule has 0 saturated heterocycles. The van der Waals surface area contributed by atoms with Crippen LogP contribution in [0.2, 0.25) is 0 Å². The molecular formula is C15H15N3. The molecule has 3 heteroatoms. The van der Waals surface area contributed by atoms with Gasteiger partial charge in [0.1, 0.15) is 6.07 Å². The number of hydrogen-bond donors (Lipinski definition) is 1. The fourth-order valence-electron chi connectivity index (χ4n) is 1.92. The molecule has 2 aromatic rings. The Balaban J connectivity index is 2.47. The quantitative estimate of drug-likeness (QED) is 0.816. The molecule has 18 heavy (non-hydrogen) atoms. The lowest BCUT2D eigenvalue weighted by atomic mass is 10.1. The van der Waals surface area contributed by atoms with Gasteiger partial charge in [-0.2, -0.15) is 5.26 Å². The zero-order chi connectivity index (χ0) is 13.1. The van der Waals surface area contributed by atoms with Crippen molar-refractivity contribution in [3.8, 4) is 6.07 Å². The highest BCUT2D eigenvalue weighted by atomic mass is 15.1. The van der Waals surface area contributed by atoms with Gasteiger partial charge in [-0.05, 0) is 36.8 Å². The Bertz CT molecular complexity index is 611. The Labute approximate surface area is 107 Å².